The number of nitrogen functional groups attached to an aromatic ring is 1. The lowest BCUT2D eigenvalue weighted by atomic mass is 10.2. The van der Waals surface area contributed by atoms with Gasteiger partial charge in [-0.15, -0.1) is 0 Å². The Morgan fingerprint density at radius 2 is 2.37 bits per heavy atom. The third kappa shape index (κ3) is 3.89. The van der Waals surface area contributed by atoms with E-state index in [1.54, 1.807) is 24.3 Å². The maximum Gasteiger partial charge on any atom is 0.258 e. The predicted molar refractivity (Wildman–Crippen MR) is 77.8 cm³/mol. The first-order valence-corrected chi connectivity index (χ1v) is 6.76. The molecule has 3 N–H and O–H groups in total. The molecule has 1 unspecified atom stereocenters. The number of halogens is 1. The van der Waals surface area contributed by atoms with Crippen molar-refractivity contribution in [2.75, 3.05) is 25.7 Å². The van der Waals surface area contributed by atoms with E-state index in [1.165, 1.54) is 0 Å². The highest BCUT2D eigenvalue weighted by Crippen LogP contribution is 2.20. The van der Waals surface area contributed by atoms with Gasteiger partial charge in [0.1, 0.15) is 0 Å². The average molecular weight is 331 g/mol. The van der Waals surface area contributed by atoms with Crippen molar-refractivity contribution in [2.24, 2.45) is 5.84 Å². The maximum atomic E-state index is 12.5. The standard InChI is InChI=1S/C12H19BrN4O2/c1-4-17(8(2)7-19-3)12(18)10-5-9(13)6-15-11(10)16-14/h5-6,8H,4,7,14H2,1-3H3,(H,15,16). The van der Waals surface area contributed by atoms with E-state index >= 15 is 0 Å². The van der Waals surface area contributed by atoms with Gasteiger partial charge < -0.3 is 15.1 Å². The molecule has 106 valence electrons. The topological polar surface area (TPSA) is 80.5 Å². The van der Waals surface area contributed by atoms with Crippen molar-refractivity contribution in [3.63, 3.8) is 0 Å². The molecule has 0 bridgehead atoms. The number of carbonyl (C=O) groups excluding carboxylic acids is 1. The number of pyridine rings is 1. The van der Waals surface area contributed by atoms with Crippen LogP contribution in [0.15, 0.2) is 16.7 Å². The van der Waals surface area contributed by atoms with Gasteiger partial charge in [-0.05, 0) is 35.8 Å². The summed E-state index contributed by atoms with van der Waals surface area (Å²) in [4.78, 5) is 18.3. The Morgan fingerprint density at radius 3 is 2.89 bits per heavy atom. The zero-order valence-corrected chi connectivity index (χ0v) is 12.9. The zero-order valence-electron chi connectivity index (χ0n) is 11.3. The number of anilines is 1. The fraction of sp³-hybridized carbons (Fsp3) is 0.500. The molecule has 0 aliphatic heterocycles. The number of hydrogen-bond donors (Lipinski definition) is 2. The van der Waals surface area contributed by atoms with E-state index in [9.17, 15) is 4.79 Å². The molecule has 0 radical (unpaired) electrons. The van der Waals surface area contributed by atoms with Crippen LogP contribution in [0.5, 0.6) is 0 Å². The van der Waals surface area contributed by atoms with Crippen LogP contribution in [0, 0.1) is 0 Å². The summed E-state index contributed by atoms with van der Waals surface area (Å²) in [7, 11) is 1.61. The number of amides is 1. The van der Waals surface area contributed by atoms with E-state index < -0.39 is 0 Å². The maximum absolute atomic E-state index is 12.5. The third-order valence-corrected chi connectivity index (χ3v) is 3.20. The minimum absolute atomic E-state index is 0.0212. The summed E-state index contributed by atoms with van der Waals surface area (Å²) in [6.45, 7) is 4.92. The molecular formula is C12H19BrN4O2. The first-order chi connectivity index (χ1) is 9.04. The summed E-state index contributed by atoms with van der Waals surface area (Å²) in [6, 6.07) is 1.68. The second-order valence-corrected chi connectivity index (χ2v) is 5.01. The molecule has 1 aromatic heterocycles. The molecule has 0 aliphatic rings. The molecular weight excluding hydrogens is 312 g/mol. The molecule has 1 heterocycles. The second kappa shape index (κ2) is 7.42. The molecule has 1 aromatic rings. The van der Waals surface area contributed by atoms with E-state index in [1.807, 2.05) is 13.8 Å². The van der Waals surface area contributed by atoms with E-state index in [2.05, 4.69) is 26.3 Å². The predicted octanol–water partition coefficient (Wildman–Crippen LogP) is 1.63. The number of aromatic nitrogens is 1. The SMILES string of the molecule is CCN(C(=O)c1cc(Br)cnc1NN)C(C)COC. The van der Waals surface area contributed by atoms with Crippen LogP contribution in [0.3, 0.4) is 0 Å². The van der Waals surface area contributed by atoms with Crippen LogP contribution in [0.4, 0.5) is 5.82 Å². The molecule has 19 heavy (non-hydrogen) atoms. The van der Waals surface area contributed by atoms with Crippen LogP contribution in [0.25, 0.3) is 0 Å². The largest absolute Gasteiger partial charge is 0.383 e. The van der Waals surface area contributed by atoms with Crippen molar-refractivity contribution < 1.29 is 9.53 Å². The quantitative estimate of drug-likeness (QED) is 0.612. The Kier molecular flexibility index (Phi) is 6.20. The van der Waals surface area contributed by atoms with E-state index in [0.717, 1.165) is 4.47 Å². The number of methoxy groups -OCH3 is 1. The van der Waals surface area contributed by atoms with Gasteiger partial charge in [0.25, 0.3) is 5.91 Å². The Labute approximate surface area is 121 Å². The van der Waals surface area contributed by atoms with Gasteiger partial charge in [-0.2, -0.15) is 0 Å². The highest BCUT2D eigenvalue weighted by molar-refractivity contribution is 9.10. The Morgan fingerprint density at radius 1 is 1.68 bits per heavy atom. The van der Waals surface area contributed by atoms with Gasteiger partial charge in [0.15, 0.2) is 5.82 Å². The van der Waals surface area contributed by atoms with Crippen molar-refractivity contribution >= 4 is 27.7 Å². The summed E-state index contributed by atoms with van der Waals surface area (Å²) in [6.07, 6.45) is 1.58. The van der Waals surface area contributed by atoms with Crippen LogP contribution in [-0.4, -0.2) is 42.1 Å². The summed E-state index contributed by atoms with van der Waals surface area (Å²) in [5.41, 5.74) is 2.88. The van der Waals surface area contributed by atoms with Crippen molar-refractivity contribution in [1.82, 2.24) is 9.88 Å². The van der Waals surface area contributed by atoms with Gasteiger partial charge in [-0.1, -0.05) is 0 Å². The molecule has 6 nitrogen and oxygen atoms in total. The van der Waals surface area contributed by atoms with Gasteiger partial charge in [0, 0.05) is 24.3 Å². The van der Waals surface area contributed by atoms with E-state index in [0.29, 0.717) is 24.5 Å². The molecule has 1 amide bonds. The van der Waals surface area contributed by atoms with Gasteiger partial charge in [0.2, 0.25) is 0 Å². The van der Waals surface area contributed by atoms with Gasteiger partial charge in [-0.3, -0.25) is 4.79 Å². The second-order valence-electron chi connectivity index (χ2n) is 4.09. The highest BCUT2D eigenvalue weighted by Gasteiger charge is 2.23. The molecule has 1 rings (SSSR count). The summed E-state index contributed by atoms with van der Waals surface area (Å²) in [5, 5.41) is 0. The summed E-state index contributed by atoms with van der Waals surface area (Å²) in [5.74, 6) is 5.62. The smallest absolute Gasteiger partial charge is 0.258 e. The van der Waals surface area contributed by atoms with Crippen LogP contribution >= 0.6 is 15.9 Å². The zero-order chi connectivity index (χ0) is 14.4. The number of hydrazine groups is 1. The fourth-order valence-corrected chi connectivity index (χ4v) is 2.19. The highest BCUT2D eigenvalue weighted by atomic mass is 79.9. The van der Waals surface area contributed by atoms with Crippen LogP contribution in [0.2, 0.25) is 0 Å². The molecule has 0 saturated carbocycles. The normalized spacial score (nSPS) is 12.1. The molecule has 0 aliphatic carbocycles. The van der Waals surface area contributed by atoms with Gasteiger partial charge in [0.05, 0.1) is 18.2 Å². The first kappa shape index (κ1) is 15.9. The lowest BCUT2D eigenvalue weighted by Gasteiger charge is -2.28. The van der Waals surface area contributed by atoms with E-state index in [4.69, 9.17) is 10.6 Å². The van der Waals surface area contributed by atoms with Crippen LogP contribution in [-0.2, 0) is 4.74 Å². The lowest BCUT2D eigenvalue weighted by molar-refractivity contribution is 0.0579. The average Bonchev–Trinajstić information content (AvgIpc) is 2.39. The lowest BCUT2D eigenvalue weighted by Crippen LogP contribution is -2.41. The van der Waals surface area contributed by atoms with Gasteiger partial charge >= 0.3 is 0 Å². The van der Waals surface area contributed by atoms with Crippen LogP contribution in [0.1, 0.15) is 24.2 Å². The molecule has 0 saturated heterocycles. The summed E-state index contributed by atoms with van der Waals surface area (Å²) >= 11 is 3.31. The Bertz CT molecular complexity index is 442. The fourth-order valence-electron chi connectivity index (χ4n) is 1.86. The number of ether oxygens (including phenoxy) is 1. The third-order valence-electron chi connectivity index (χ3n) is 2.76. The number of nitrogens with zero attached hydrogens (tertiary/aromatic N) is 2. The Balaban J connectivity index is 3.06. The number of hydrogen-bond acceptors (Lipinski definition) is 5. The number of carbonyl (C=O) groups is 1. The number of rotatable bonds is 6. The number of nitrogens with one attached hydrogen (secondary N) is 1. The molecule has 1 atom stereocenters. The summed E-state index contributed by atoms with van der Waals surface area (Å²) < 4.78 is 5.82. The van der Waals surface area contributed by atoms with Crippen LogP contribution < -0.4 is 11.3 Å². The molecule has 0 aromatic carbocycles. The molecule has 0 fully saturated rings. The minimum Gasteiger partial charge on any atom is -0.383 e. The van der Waals surface area contributed by atoms with Crippen molar-refractivity contribution in [1.29, 1.82) is 0 Å². The monoisotopic (exact) mass is 330 g/mol. The van der Waals surface area contributed by atoms with E-state index in [-0.39, 0.29) is 11.9 Å². The van der Waals surface area contributed by atoms with Crippen molar-refractivity contribution in [2.45, 2.75) is 19.9 Å². The van der Waals surface area contributed by atoms with Crippen molar-refractivity contribution in [3.8, 4) is 0 Å². The molecule has 7 heteroatoms. The Hall–Kier alpha value is -1.18. The minimum atomic E-state index is -0.131. The van der Waals surface area contributed by atoms with Gasteiger partial charge in [-0.25, -0.2) is 10.8 Å². The number of likely N-dealkylation sites (N-methyl/N-ethyl adjacent to an activating group) is 1. The first-order valence-electron chi connectivity index (χ1n) is 5.97. The molecule has 0 spiro atoms. The number of nitrogens with two attached hydrogens (primary N) is 1. The van der Waals surface area contributed by atoms with Crippen molar-refractivity contribution in [3.05, 3.63) is 22.3 Å².